The van der Waals surface area contributed by atoms with Gasteiger partial charge in [0.2, 0.25) is 5.91 Å². The topological polar surface area (TPSA) is 40.5 Å². The molecule has 3 rings (SSSR count). The average Bonchev–Trinajstić information content (AvgIpc) is 2.42. The fourth-order valence-corrected chi connectivity index (χ4v) is 2.47. The fraction of sp³-hybridized carbons (Fsp3) is 0.118. The molecule has 0 fully saturated rings. The summed E-state index contributed by atoms with van der Waals surface area (Å²) in [4.78, 5) is 13.7. The summed E-state index contributed by atoms with van der Waals surface area (Å²) in [6, 6.07) is 13.0. The molecule has 0 aliphatic carbocycles. The molecule has 0 spiro atoms. The number of benzene rings is 2. The van der Waals surface area contributed by atoms with E-state index < -0.39 is 0 Å². The van der Waals surface area contributed by atoms with Crippen molar-refractivity contribution in [3.05, 3.63) is 59.2 Å². The smallest absolute Gasteiger partial charge is 0.224 e. The summed E-state index contributed by atoms with van der Waals surface area (Å²) in [5, 5.41) is 9.61. The van der Waals surface area contributed by atoms with Gasteiger partial charge in [-0.05, 0) is 34.9 Å². The molecule has 0 saturated heterocycles. The van der Waals surface area contributed by atoms with Gasteiger partial charge >= 0.3 is 0 Å². The molecule has 3 heteroatoms. The quantitative estimate of drug-likeness (QED) is 0.792. The molecule has 2 aromatic rings. The second kappa shape index (κ2) is 4.85. The number of carbonyl (C=O) groups excluding carboxylic acids is 1. The minimum atomic E-state index is 0.00627. The molecular weight excluding hydrogens is 250 g/mol. The Labute approximate surface area is 117 Å². The van der Waals surface area contributed by atoms with E-state index in [-0.39, 0.29) is 11.7 Å². The van der Waals surface area contributed by atoms with Gasteiger partial charge in [0.15, 0.2) is 0 Å². The Morgan fingerprint density at radius 2 is 1.85 bits per heavy atom. The number of fused-ring (bicyclic) bond motifs is 2. The van der Waals surface area contributed by atoms with Gasteiger partial charge in [-0.2, -0.15) is 0 Å². The normalized spacial score (nSPS) is 14.8. The number of rotatable bonds is 0. The van der Waals surface area contributed by atoms with Gasteiger partial charge in [-0.1, -0.05) is 36.4 Å². The maximum atomic E-state index is 12.0. The van der Waals surface area contributed by atoms with Crippen LogP contribution in [0.15, 0.2) is 42.5 Å². The largest absolute Gasteiger partial charge is 0.508 e. The summed E-state index contributed by atoms with van der Waals surface area (Å²) in [6.45, 7) is 2.08. The minimum Gasteiger partial charge on any atom is -0.508 e. The Bertz CT molecular complexity index is 704. The summed E-state index contributed by atoms with van der Waals surface area (Å²) >= 11 is 0. The van der Waals surface area contributed by atoms with Crippen LogP contribution in [0, 0.1) is 0 Å². The van der Waals surface area contributed by atoms with E-state index in [1.807, 2.05) is 42.5 Å². The molecular formula is C17H15NO2. The lowest BCUT2D eigenvalue weighted by Gasteiger charge is -2.25. The third kappa shape index (κ3) is 2.18. The van der Waals surface area contributed by atoms with Gasteiger partial charge in [0.05, 0.1) is 12.2 Å². The molecule has 0 saturated carbocycles. The summed E-state index contributed by atoms with van der Waals surface area (Å²) in [6.07, 6.45) is 3.95. The van der Waals surface area contributed by atoms with Gasteiger partial charge in [0, 0.05) is 6.92 Å². The molecule has 100 valence electrons. The molecule has 2 aromatic carbocycles. The highest BCUT2D eigenvalue weighted by Crippen LogP contribution is 2.29. The standard InChI is InChI=1S/C17H15NO2/c1-12(19)18-11-15-8-9-16(20)10-14(15)7-6-13-4-2-3-5-17(13)18/h2-10,20H,11H2,1H3/b7-6-. The van der Waals surface area contributed by atoms with Crippen LogP contribution < -0.4 is 4.90 Å². The summed E-state index contributed by atoms with van der Waals surface area (Å²) in [5.41, 5.74) is 3.86. The van der Waals surface area contributed by atoms with E-state index in [2.05, 4.69) is 0 Å². The van der Waals surface area contributed by atoms with E-state index in [0.29, 0.717) is 6.54 Å². The number of phenolic OH excluding ortho intramolecular Hbond substituents is 1. The SMILES string of the molecule is CC(=O)N1Cc2ccc(O)cc2/C=C\c2ccccc21. The zero-order valence-electron chi connectivity index (χ0n) is 11.2. The first-order chi connectivity index (χ1) is 9.65. The second-order valence-corrected chi connectivity index (χ2v) is 4.88. The van der Waals surface area contributed by atoms with E-state index >= 15 is 0 Å². The Kier molecular flexibility index (Phi) is 3.03. The number of anilines is 1. The molecule has 1 N–H and O–H groups in total. The van der Waals surface area contributed by atoms with E-state index in [9.17, 15) is 9.90 Å². The number of nitrogens with zero attached hydrogens (tertiary/aromatic N) is 1. The molecule has 0 aromatic heterocycles. The maximum Gasteiger partial charge on any atom is 0.224 e. The van der Waals surface area contributed by atoms with Gasteiger partial charge in [-0.3, -0.25) is 4.79 Å². The van der Waals surface area contributed by atoms with Crippen LogP contribution in [0.1, 0.15) is 23.6 Å². The first-order valence-electron chi connectivity index (χ1n) is 6.52. The molecule has 0 radical (unpaired) electrons. The lowest BCUT2D eigenvalue weighted by molar-refractivity contribution is -0.116. The molecule has 0 atom stereocenters. The zero-order chi connectivity index (χ0) is 14.1. The molecule has 0 bridgehead atoms. The Morgan fingerprint density at radius 1 is 1.10 bits per heavy atom. The first-order valence-corrected chi connectivity index (χ1v) is 6.52. The van der Waals surface area contributed by atoms with Crippen LogP contribution in [-0.4, -0.2) is 11.0 Å². The number of amides is 1. The molecule has 20 heavy (non-hydrogen) atoms. The van der Waals surface area contributed by atoms with Crippen LogP contribution in [0.3, 0.4) is 0 Å². The highest BCUT2D eigenvalue weighted by Gasteiger charge is 2.17. The van der Waals surface area contributed by atoms with Crippen molar-refractivity contribution < 1.29 is 9.90 Å². The molecule has 1 heterocycles. The molecule has 0 unspecified atom stereocenters. The van der Waals surface area contributed by atoms with Gasteiger partial charge in [-0.25, -0.2) is 0 Å². The van der Waals surface area contributed by atoms with Crippen molar-refractivity contribution in [2.75, 3.05) is 4.90 Å². The highest BCUT2D eigenvalue weighted by atomic mass is 16.3. The summed E-state index contributed by atoms with van der Waals surface area (Å²) in [7, 11) is 0. The van der Waals surface area contributed by atoms with Crippen molar-refractivity contribution >= 4 is 23.7 Å². The van der Waals surface area contributed by atoms with Crippen molar-refractivity contribution in [1.29, 1.82) is 0 Å². The number of para-hydroxylation sites is 1. The predicted molar refractivity (Wildman–Crippen MR) is 80.3 cm³/mol. The van der Waals surface area contributed by atoms with Crippen molar-refractivity contribution in [3.63, 3.8) is 0 Å². The van der Waals surface area contributed by atoms with Crippen LogP contribution >= 0.6 is 0 Å². The van der Waals surface area contributed by atoms with Crippen LogP contribution in [-0.2, 0) is 11.3 Å². The Hall–Kier alpha value is -2.55. The maximum absolute atomic E-state index is 12.0. The van der Waals surface area contributed by atoms with E-state index in [0.717, 1.165) is 22.4 Å². The van der Waals surface area contributed by atoms with Crippen molar-refractivity contribution in [2.45, 2.75) is 13.5 Å². The predicted octanol–water partition coefficient (Wildman–Crippen LogP) is 3.43. The lowest BCUT2D eigenvalue weighted by Crippen LogP contribution is -2.29. The van der Waals surface area contributed by atoms with Crippen LogP contribution in [0.25, 0.3) is 12.2 Å². The minimum absolute atomic E-state index is 0.00627. The van der Waals surface area contributed by atoms with E-state index in [1.165, 1.54) is 0 Å². The number of carbonyl (C=O) groups is 1. The van der Waals surface area contributed by atoms with E-state index in [4.69, 9.17) is 0 Å². The first kappa shape index (κ1) is 12.5. The molecule has 3 nitrogen and oxygen atoms in total. The Morgan fingerprint density at radius 3 is 2.65 bits per heavy atom. The van der Waals surface area contributed by atoms with Crippen molar-refractivity contribution in [2.24, 2.45) is 0 Å². The van der Waals surface area contributed by atoms with Crippen molar-refractivity contribution in [1.82, 2.24) is 0 Å². The van der Waals surface area contributed by atoms with Gasteiger partial charge in [-0.15, -0.1) is 0 Å². The number of hydrogen-bond donors (Lipinski definition) is 1. The van der Waals surface area contributed by atoms with Crippen LogP contribution in [0.4, 0.5) is 5.69 Å². The monoisotopic (exact) mass is 265 g/mol. The van der Waals surface area contributed by atoms with Gasteiger partial charge in [0.25, 0.3) is 0 Å². The summed E-state index contributed by atoms with van der Waals surface area (Å²) < 4.78 is 0. The second-order valence-electron chi connectivity index (χ2n) is 4.88. The number of hydrogen-bond acceptors (Lipinski definition) is 2. The van der Waals surface area contributed by atoms with Gasteiger partial charge < -0.3 is 10.0 Å². The Balaban J connectivity index is 2.19. The third-order valence-electron chi connectivity index (χ3n) is 3.51. The molecule has 1 aliphatic heterocycles. The van der Waals surface area contributed by atoms with Crippen molar-refractivity contribution in [3.8, 4) is 5.75 Å². The van der Waals surface area contributed by atoms with Crippen LogP contribution in [0.5, 0.6) is 5.75 Å². The molecule has 1 aliphatic rings. The third-order valence-corrected chi connectivity index (χ3v) is 3.51. The average molecular weight is 265 g/mol. The fourth-order valence-electron chi connectivity index (χ4n) is 2.47. The van der Waals surface area contributed by atoms with Crippen LogP contribution in [0.2, 0.25) is 0 Å². The zero-order valence-corrected chi connectivity index (χ0v) is 11.2. The lowest BCUT2D eigenvalue weighted by atomic mass is 10.0. The highest BCUT2D eigenvalue weighted by molar-refractivity contribution is 5.95. The number of phenols is 1. The molecule has 1 amide bonds. The van der Waals surface area contributed by atoms with Gasteiger partial charge in [0.1, 0.15) is 5.75 Å². The number of aromatic hydroxyl groups is 1. The summed E-state index contributed by atoms with van der Waals surface area (Å²) in [5.74, 6) is 0.239. The van der Waals surface area contributed by atoms with E-state index in [1.54, 1.807) is 24.0 Å².